The summed E-state index contributed by atoms with van der Waals surface area (Å²) in [6.07, 6.45) is 0. The van der Waals surface area contributed by atoms with Gasteiger partial charge in [0.25, 0.3) is 0 Å². The molecule has 7 heteroatoms. The molecule has 0 aromatic rings. The van der Waals surface area contributed by atoms with Gasteiger partial charge < -0.3 is 0 Å². The van der Waals surface area contributed by atoms with E-state index in [0.29, 0.717) is 0 Å². The minimum atomic E-state index is -6.65. The van der Waals surface area contributed by atoms with Crippen molar-refractivity contribution in [2.75, 3.05) is 0 Å². The van der Waals surface area contributed by atoms with Gasteiger partial charge in [-0.05, 0) is 0 Å². The molecule has 0 aliphatic carbocycles. The van der Waals surface area contributed by atoms with Crippen LogP contribution in [0.5, 0.6) is 0 Å². The fraction of sp³-hybridized carbons (Fsp3) is 0. The van der Waals surface area contributed by atoms with Crippen LogP contribution < -0.4 is 54.8 Å². The van der Waals surface area contributed by atoms with Crippen molar-refractivity contribution < 1.29 is 68.4 Å². The molecule has 0 unspecified atom stereocenters. The van der Waals surface area contributed by atoms with Gasteiger partial charge in [0.1, 0.15) is 0 Å². The summed E-state index contributed by atoms with van der Waals surface area (Å²) in [4.78, 5) is 0. The van der Waals surface area contributed by atoms with E-state index in [0.717, 1.165) is 0 Å². The second kappa shape index (κ2) is 4.97. The van der Waals surface area contributed by atoms with E-state index in [1.165, 1.54) is 0 Å². The van der Waals surface area contributed by atoms with Crippen molar-refractivity contribution in [3.8, 4) is 0 Å². The van der Waals surface area contributed by atoms with Crippen LogP contribution in [-0.4, -0.2) is 20.3 Å². The van der Waals surface area contributed by atoms with Gasteiger partial charge in [0, 0.05) is 0 Å². The zero-order valence-electron chi connectivity index (χ0n) is 3.45. The number of hydrogen-bond donors (Lipinski definition) is 0. The van der Waals surface area contributed by atoms with Crippen LogP contribution in [0.25, 0.3) is 0 Å². The Hall–Kier alpha value is 2.15. The zero-order chi connectivity index (χ0) is 5.21. The first-order valence-electron chi connectivity index (χ1n) is 0.941. The molecule has 0 aromatic carbocycles. The molecule has 0 bridgehead atoms. The van der Waals surface area contributed by atoms with Crippen molar-refractivity contribution >= 4 is 20.3 Å². The van der Waals surface area contributed by atoms with Crippen LogP contribution in [0.2, 0.25) is 0 Å². The maximum absolute atomic E-state index is 10.5. The average molecular weight is 247 g/mol. The molecule has 0 radical (unpaired) electrons. The van der Waals surface area contributed by atoms with Crippen LogP contribution in [0.15, 0.2) is 0 Å². The monoisotopic (exact) mass is 248 g/mol. The molecular weight excluding hydrogens is 247 g/mol. The van der Waals surface area contributed by atoms with E-state index in [1.54, 1.807) is 3.28 Å². The molecule has 2 nitrogen and oxygen atoms in total. The van der Waals surface area contributed by atoms with Crippen LogP contribution >= 0.6 is 0 Å². The van der Waals surface area contributed by atoms with E-state index in [1.807, 2.05) is 0 Å². The van der Waals surface area contributed by atoms with Crippen molar-refractivity contribution in [2.45, 2.75) is 0 Å². The standard InChI is InChI=1S/FO.2FH.K.O.Sn/c1-2;;;;;/h;2*1H;;;/q-1;;;+1;-1;+3/p-2. The molecule has 0 heterocycles. The van der Waals surface area contributed by atoms with Gasteiger partial charge in [-0.1, -0.05) is 0 Å². The zero-order valence-corrected chi connectivity index (χ0v) is 9.43. The van der Waals surface area contributed by atoms with Crippen molar-refractivity contribution in [3.05, 3.63) is 0 Å². The summed E-state index contributed by atoms with van der Waals surface area (Å²) in [6.45, 7) is 0. The number of halogens is 3. The molecule has 0 rings (SSSR count). The quantitative estimate of drug-likeness (QED) is 0.453. The van der Waals surface area contributed by atoms with Crippen LogP contribution in [0, 0.1) is 0 Å². The molecule has 7 heavy (non-hydrogen) atoms. The van der Waals surface area contributed by atoms with Gasteiger partial charge in [-0.3, -0.25) is 0 Å². The summed E-state index contributed by atoms with van der Waals surface area (Å²) in [5.74, 6) is 0. The van der Waals surface area contributed by atoms with Crippen molar-refractivity contribution in [1.82, 2.24) is 0 Å². The summed E-state index contributed by atoms with van der Waals surface area (Å²) in [5, 5.41) is 0. The summed E-state index contributed by atoms with van der Waals surface area (Å²) in [6, 6.07) is 0. The molecule has 0 spiro atoms. The summed E-state index contributed by atoms with van der Waals surface area (Å²) >= 11 is -6.65. The van der Waals surface area contributed by atoms with Gasteiger partial charge >= 0.3 is 88.7 Å². The summed E-state index contributed by atoms with van der Waals surface area (Å²) < 4.78 is 41.6. The third-order valence-electron chi connectivity index (χ3n) is 0.0898. The van der Waals surface area contributed by atoms with Gasteiger partial charge in [0.05, 0.1) is 0 Å². The number of rotatable bonds is 1. The summed E-state index contributed by atoms with van der Waals surface area (Å²) in [7, 11) is 0. The molecule has 0 saturated heterocycles. The molecule has 38 valence electrons. The molecule has 0 aliphatic rings. The van der Waals surface area contributed by atoms with E-state index >= 15 is 0 Å². The fourth-order valence-electron chi connectivity index (χ4n) is 0. The van der Waals surface area contributed by atoms with Crippen molar-refractivity contribution in [3.63, 3.8) is 0 Å². The molecule has 0 aliphatic heterocycles. The third kappa shape index (κ3) is 11.6. The van der Waals surface area contributed by atoms with Gasteiger partial charge in [0.15, 0.2) is 0 Å². The minimum absolute atomic E-state index is 0. The third-order valence-corrected chi connectivity index (χ3v) is 0.603. The first-order valence-corrected chi connectivity index (χ1v) is 5.43. The fourth-order valence-corrected chi connectivity index (χ4v) is 0. The SMILES string of the molecule is [K+].[O-][Sn]([F])([F])[O]F. The Kier molecular flexibility index (Phi) is 8.44. The molecule has 0 atom stereocenters. The van der Waals surface area contributed by atoms with Crippen molar-refractivity contribution in [1.29, 1.82) is 0 Å². The first-order chi connectivity index (χ1) is 2.56. The normalized spacial score (nSPS) is 10.3. The van der Waals surface area contributed by atoms with Crippen molar-refractivity contribution in [2.24, 2.45) is 0 Å². The van der Waals surface area contributed by atoms with Gasteiger partial charge in [0.2, 0.25) is 0 Å². The predicted octanol–water partition coefficient (Wildman–Crippen LogP) is -3.37. The number of hydrogen-bond acceptors (Lipinski definition) is 2. The Balaban J connectivity index is 0. The van der Waals surface area contributed by atoms with E-state index in [-0.39, 0.29) is 51.4 Å². The maximum atomic E-state index is 10.5. The van der Waals surface area contributed by atoms with Crippen LogP contribution in [0.1, 0.15) is 0 Å². The topological polar surface area (TPSA) is 32.3 Å². The van der Waals surface area contributed by atoms with Crippen LogP contribution in [0.4, 0.5) is 10.3 Å². The molecule has 0 fully saturated rings. The molecular formula is F3KO2Sn. The second-order valence-electron chi connectivity index (χ2n) is 0.541. The molecule has 0 saturated carbocycles. The van der Waals surface area contributed by atoms with Gasteiger partial charge in [-0.15, -0.1) is 0 Å². The van der Waals surface area contributed by atoms with Gasteiger partial charge in [-0.2, -0.15) is 0 Å². The van der Waals surface area contributed by atoms with Crippen LogP contribution in [0.3, 0.4) is 0 Å². The Morgan fingerprint density at radius 3 is 1.57 bits per heavy atom. The second-order valence-corrected chi connectivity index (χ2v) is 3.63. The first kappa shape index (κ1) is 11.9. The molecule has 0 amide bonds. The van der Waals surface area contributed by atoms with E-state index < -0.39 is 20.3 Å². The van der Waals surface area contributed by atoms with E-state index in [2.05, 4.69) is 0 Å². The summed E-state index contributed by atoms with van der Waals surface area (Å²) in [5.41, 5.74) is 0. The van der Waals surface area contributed by atoms with Crippen LogP contribution in [-0.2, 0) is 3.28 Å². The average Bonchev–Trinajstić information content (AvgIpc) is 1.35. The predicted molar refractivity (Wildman–Crippen MR) is 10.2 cm³/mol. The molecule has 0 N–H and O–H groups in total. The Labute approximate surface area is 86.9 Å². The van der Waals surface area contributed by atoms with E-state index in [9.17, 15) is 10.3 Å². The Morgan fingerprint density at radius 2 is 1.57 bits per heavy atom. The Bertz CT molecular complexity index is 42.7. The molecule has 0 aromatic heterocycles. The van der Waals surface area contributed by atoms with E-state index in [4.69, 9.17) is 3.44 Å². The van der Waals surface area contributed by atoms with Gasteiger partial charge in [-0.25, -0.2) is 0 Å². The Morgan fingerprint density at radius 1 is 1.43 bits per heavy atom.